The third-order valence-corrected chi connectivity index (χ3v) is 3.27. The molecule has 18 heavy (non-hydrogen) atoms. The van der Waals surface area contributed by atoms with Gasteiger partial charge in [-0.25, -0.2) is 0 Å². The number of rotatable bonds is 4. The van der Waals surface area contributed by atoms with Gasteiger partial charge in [0.25, 0.3) is 0 Å². The van der Waals surface area contributed by atoms with Gasteiger partial charge in [0.1, 0.15) is 6.61 Å². The molecule has 2 aromatic carbocycles. The fourth-order valence-electron chi connectivity index (χ4n) is 1.56. The number of ether oxygens (including phenoxy) is 1. The van der Waals surface area contributed by atoms with Gasteiger partial charge in [-0.15, -0.1) is 0 Å². The monoisotopic (exact) mass is 308 g/mol. The standard InChI is InChI=1S/C14H13BrO3/c15-12-7-14(13(17)6-11(12)8-16)18-9-10-4-2-1-3-5-10/h1-7,16-17H,8-9H2. The first-order valence-corrected chi connectivity index (χ1v) is 6.29. The van der Waals surface area contributed by atoms with Gasteiger partial charge in [-0.2, -0.15) is 0 Å². The quantitative estimate of drug-likeness (QED) is 0.911. The summed E-state index contributed by atoms with van der Waals surface area (Å²) in [6.07, 6.45) is 0. The summed E-state index contributed by atoms with van der Waals surface area (Å²) in [7, 11) is 0. The lowest BCUT2D eigenvalue weighted by molar-refractivity contribution is 0.275. The molecule has 4 heteroatoms. The van der Waals surface area contributed by atoms with Crippen LogP contribution in [0, 0.1) is 0 Å². The molecule has 0 aliphatic rings. The molecule has 0 heterocycles. The SMILES string of the molecule is OCc1cc(O)c(OCc2ccccc2)cc1Br. The molecule has 0 aromatic heterocycles. The number of phenols is 1. The van der Waals surface area contributed by atoms with Gasteiger partial charge >= 0.3 is 0 Å². The van der Waals surface area contributed by atoms with Crippen LogP contribution in [0.15, 0.2) is 46.9 Å². The van der Waals surface area contributed by atoms with Crippen molar-refractivity contribution in [3.63, 3.8) is 0 Å². The van der Waals surface area contributed by atoms with Gasteiger partial charge in [-0.3, -0.25) is 0 Å². The Morgan fingerprint density at radius 2 is 1.83 bits per heavy atom. The predicted molar refractivity (Wildman–Crippen MR) is 72.5 cm³/mol. The Morgan fingerprint density at radius 1 is 1.11 bits per heavy atom. The summed E-state index contributed by atoms with van der Waals surface area (Å²) in [5.74, 6) is 0.418. The summed E-state index contributed by atoms with van der Waals surface area (Å²) in [5, 5.41) is 18.8. The number of phenolic OH excluding ortho intramolecular Hbond substituents is 1. The Bertz CT molecular complexity index is 526. The second-order valence-electron chi connectivity index (χ2n) is 3.84. The van der Waals surface area contributed by atoms with Gasteiger partial charge in [-0.1, -0.05) is 46.3 Å². The van der Waals surface area contributed by atoms with Crippen LogP contribution in [0.4, 0.5) is 0 Å². The highest BCUT2D eigenvalue weighted by molar-refractivity contribution is 9.10. The third kappa shape index (κ3) is 3.03. The van der Waals surface area contributed by atoms with Gasteiger partial charge in [0.15, 0.2) is 11.5 Å². The van der Waals surface area contributed by atoms with E-state index in [1.165, 1.54) is 6.07 Å². The molecule has 0 fully saturated rings. The molecule has 0 spiro atoms. The van der Waals surface area contributed by atoms with Crippen molar-refractivity contribution in [2.75, 3.05) is 0 Å². The first-order chi connectivity index (χ1) is 8.70. The lowest BCUT2D eigenvalue weighted by Crippen LogP contribution is -1.96. The van der Waals surface area contributed by atoms with Crippen LogP contribution in [-0.4, -0.2) is 10.2 Å². The number of hydrogen-bond donors (Lipinski definition) is 2. The average molecular weight is 309 g/mol. The molecule has 0 atom stereocenters. The molecule has 0 bridgehead atoms. The van der Waals surface area contributed by atoms with Crippen LogP contribution >= 0.6 is 15.9 Å². The molecule has 0 saturated carbocycles. The molecule has 0 radical (unpaired) electrons. The van der Waals surface area contributed by atoms with Crippen molar-refractivity contribution in [2.24, 2.45) is 0 Å². The summed E-state index contributed by atoms with van der Waals surface area (Å²) in [6.45, 7) is 0.256. The fourth-order valence-corrected chi connectivity index (χ4v) is 2.01. The second-order valence-corrected chi connectivity index (χ2v) is 4.70. The minimum atomic E-state index is -0.132. The lowest BCUT2D eigenvalue weighted by atomic mass is 10.2. The zero-order valence-electron chi connectivity index (χ0n) is 9.64. The van der Waals surface area contributed by atoms with Crippen LogP contribution in [0.3, 0.4) is 0 Å². The zero-order valence-corrected chi connectivity index (χ0v) is 11.2. The molecule has 94 valence electrons. The molecule has 2 aromatic rings. The molecular formula is C14H13BrO3. The van der Waals surface area contributed by atoms with E-state index in [-0.39, 0.29) is 12.4 Å². The van der Waals surface area contributed by atoms with Crippen molar-refractivity contribution in [1.82, 2.24) is 0 Å². The maximum absolute atomic E-state index is 9.77. The molecule has 2 rings (SSSR count). The molecule has 0 unspecified atom stereocenters. The summed E-state index contributed by atoms with van der Waals surface area (Å²) in [4.78, 5) is 0. The summed E-state index contributed by atoms with van der Waals surface area (Å²) in [6, 6.07) is 12.9. The first-order valence-electron chi connectivity index (χ1n) is 5.49. The number of benzene rings is 2. The van der Waals surface area contributed by atoms with E-state index >= 15 is 0 Å². The van der Waals surface area contributed by atoms with Crippen molar-refractivity contribution < 1.29 is 14.9 Å². The maximum atomic E-state index is 9.77. The van der Waals surface area contributed by atoms with E-state index in [4.69, 9.17) is 9.84 Å². The lowest BCUT2D eigenvalue weighted by Gasteiger charge is -2.10. The van der Waals surface area contributed by atoms with Crippen LogP contribution < -0.4 is 4.74 Å². The van der Waals surface area contributed by atoms with Crippen molar-refractivity contribution in [3.05, 3.63) is 58.1 Å². The maximum Gasteiger partial charge on any atom is 0.162 e. The van der Waals surface area contributed by atoms with Crippen LogP contribution in [0.2, 0.25) is 0 Å². The molecule has 2 N–H and O–H groups in total. The number of halogens is 1. The fraction of sp³-hybridized carbons (Fsp3) is 0.143. The van der Waals surface area contributed by atoms with Gasteiger partial charge in [0.2, 0.25) is 0 Å². The predicted octanol–water partition coefficient (Wildman–Crippen LogP) is 3.23. The van der Waals surface area contributed by atoms with Gasteiger partial charge in [-0.05, 0) is 23.3 Å². The van der Waals surface area contributed by atoms with Gasteiger partial charge in [0.05, 0.1) is 6.61 Å². The molecular weight excluding hydrogens is 296 g/mol. The first kappa shape index (κ1) is 12.9. The van der Waals surface area contributed by atoms with Crippen LogP contribution in [0.25, 0.3) is 0 Å². The van der Waals surface area contributed by atoms with Crippen LogP contribution in [0.1, 0.15) is 11.1 Å². The minimum Gasteiger partial charge on any atom is -0.504 e. The Labute approximate surface area is 114 Å². The van der Waals surface area contributed by atoms with E-state index in [0.717, 1.165) is 5.56 Å². The van der Waals surface area contributed by atoms with Crippen LogP contribution in [-0.2, 0) is 13.2 Å². The molecule has 0 amide bonds. The summed E-state index contributed by atoms with van der Waals surface area (Å²) < 4.78 is 6.26. The van der Waals surface area contributed by atoms with Crippen molar-refractivity contribution in [3.8, 4) is 11.5 Å². The van der Waals surface area contributed by atoms with E-state index in [2.05, 4.69) is 15.9 Å². The van der Waals surface area contributed by atoms with Crippen LogP contribution in [0.5, 0.6) is 11.5 Å². The summed E-state index contributed by atoms with van der Waals surface area (Å²) in [5.41, 5.74) is 1.65. The topological polar surface area (TPSA) is 49.7 Å². The second kappa shape index (κ2) is 5.89. The highest BCUT2D eigenvalue weighted by Crippen LogP contribution is 2.33. The highest BCUT2D eigenvalue weighted by Gasteiger charge is 2.08. The number of aliphatic hydroxyl groups excluding tert-OH is 1. The Balaban J connectivity index is 2.13. The number of aliphatic hydroxyl groups is 1. The van der Waals surface area contributed by atoms with Crippen molar-refractivity contribution in [1.29, 1.82) is 0 Å². The van der Waals surface area contributed by atoms with Crippen molar-refractivity contribution in [2.45, 2.75) is 13.2 Å². The smallest absolute Gasteiger partial charge is 0.162 e. The molecule has 3 nitrogen and oxygen atoms in total. The largest absolute Gasteiger partial charge is 0.504 e. The van der Waals surface area contributed by atoms with Gasteiger partial charge < -0.3 is 14.9 Å². The van der Waals surface area contributed by atoms with E-state index < -0.39 is 0 Å². The zero-order chi connectivity index (χ0) is 13.0. The Hall–Kier alpha value is -1.52. The van der Waals surface area contributed by atoms with Gasteiger partial charge in [0, 0.05) is 4.47 Å². The van der Waals surface area contributed by atoms with E-state index in [0.29, 0.717) is 22.4 Å². The van der Waals surface area contributed by atoms with Crippen molar-refractivity contribution >= 4 is 15.9 Å². The number of aromatic hydroxyl groups is 1. The highest BCUT2D eigenvalue weighted by atomic mass is 79.9. The van der Waals surface area contributed by atoms with E-state index in [1.54, 1.807) is 6.07 Å². The molecule has 0 aliphatic carbocycles. The summed E-state index contributed by atoms with van der Waals surface area (Å²) >= 11 is 3.32. The molecule has 0 aliphatic heterocycles. The molecule has 0 saturated heterocycles. The van der Waals surface area contributed by atoms with E-state index in [9.17, 15) is 5.11 Å². The number of hydrogen-bond acceptors (Lipinski definition) is 3. The Morgan fingerprint density at radius 3 is 2.50 bits per heavy atom. The third-order valence-electron chi connectivity index (χ3n) is 2.54. The van der Waals surface area contributed by atoms with E-state index in [1.807, 2.05) is 30.3 Å². The Kier molecular flexibility index (Phi) is 4.23. The normalized spacial score (nSPS) is 10.3. The minimum absolute atomic E-state index is 0.0261. The average Bonchev–Trinajstić information content (AvgIpc) is 2.40.